The summed E-state index contributed by atoms with van der Waals surface area (Å²) in [6, 6.07) is 9.51. The van der Waals surface area contributed by atoms with E-state index < -0.39 is 86.0 Å². The number of H-pyrrole nitrogens is 1. The van der Waals surface area contributed by atoms with Crippen LogP contribution in [0.2, 0.25) is 19.6 Å². The quantitative estimate of drug-likeness (QED) is 0.0631. The molecule has 0 aliphatic rings. The third kappa shape index (κ3) is 14.5. The van der Waals surface area contributed by atoms with Crippen LogP contribution in [0.3, 0.4) is 0 Å². The van der Waals surface area contributed by atoms with Gasteiger partial charge in [-0.1, -0.05) is 47.3 Å². The highest BCUT2D eigenvalue weighted by atomic mass is 28.4. The molecule has 10 nitrogen and oxygen atoms in total. The molecule has 0 unspecified atom stereocenters. The van der Waals surface area contributed by atoms with E-state index in [0.29, 0.717) is 39.0 Å². The number of carbonyl (C=O) groups excluding carboxylic acids is 1. The number of nitrogens with zero attached hydrogens (tertiary/aromatic N) is 4. The monoisotopic (exact) mass is 928 g/mol. The molecule has 0 bridgehead atoms. The van der Waals surface area contributed by atoms with Crippen LogP contribution in [0, 0.1) is 32.4 Å². The number of benzene rings is 2. The standard InChI is InChI=1S/C20H21F4N3O.C19H28F4O3Si.C5H7N3.CH4/c1-12-4-5-13(21)6-15(12)18(2,3)10-19(28,20(22,23)24)8-14-7-16-17(27-14)9-25-11-26-16;1-13-8-9-14(20)10-15(13)17(2,3)12-18(19(21,22)23,11-16(24)25-4)26-27(5,6)7;1-4-5(6)2-7-3-8-4;/h4-7,9,11,27-28H,8,10H2,1-3H3;8-10H,11-12H2,1-7H3;2-3H,6H2,1H3;1H4/t19-;18-;;/m00../s1. The van der Waals surface area contributed by atoms with Crippen molar-refractivity contribution in [2.45, 2.75) is 136 Å². The number of nitrogen functional groups attached to an aromatic ring is 1. The average molecular weight is 929 g/mol. The maximum Gasteiger partial charge on any atom is 0.417 e. The number of aliphatic hydroxyl groups is 1. The van der Waals surface area contributed by atoms with Gasteiger partial charge in [0, 0.05) is 12.1 Å². The molecule has 0 radical (unpaired) electrons. The summed E-state index contributed by atoms with van der Waals surface area (Å²) in [5, 5.41) is 10.7. The van der Waals surface area contributed by atoms with Crippen molar-refractivity contribution in [1.82, 2.24) is 24.9 Å². The number of alkyl halides is 6. The zero-order valence-corrected chi connectivity index (χ0v) is 38.2. The lowest BCUT2D eigenvalue weighted by Gasteiger charge is -2.44. The second-order valence-corrected chi connectivity index (χ2v) is 22.3. The van der Waals surface area contributed by atoms with Crippen LogP contribution >= 0.6 is 0 Å². The first-order valence-electron chi connectivity index (χ1n) is 19.7. The Hall–Kier alpha value is -5.01. The summed E-state index contributed by atoms with van der Waals surface area (Å²) in [5.41, 5.74) is 2.28. The Labute approximate surface area is 370 Å². The summed E-state index contributed by atoms with van der Waals surface area (Å²) in [6.45, 7) is 16.5. The highest BCUT2D eigenvalue weighted by Gasteiger charge is 2.61. The van der Waals surface area contributed by atoms with Crippen LogP contribution in [0.1, 0.15) is 88.0 Å². The minimum atomic E-state index is -4.88. The van der Waals surface area contributed by atoms with Crippen LogP contribution in [0.4, 0.5) is 40.8 Å². The Kier molecular flexibility index (Phi) is 18.0. The molecule has 0 aliphatic heterocycles. The van der Waals surface area contributed by atoms with Crippen LogP contribution in [0.15, 0.2) is 67.5 Å². The predicted molar refractivity (Wildman–Crippen MR) is 234 cm³/mol. The van der Waals surface area contributed by atoms with Gasteiger partial charge >= 0.3 is 18.3 Å². The molecule has 354 valence electrons. The number of aromatic nitrogens is 5. The van der Waals surface area contributed by atoms with E-state index >= 15 is 0 Å². The second kappa shape index (κ2) is 20.9. The first-order valence-corrected chi connectivity index (χ1v) is 23.1. The van der Waals surface area contributed by atoms with Gasteiger partial charge in [-0.3, -0.25) is 4.79 Å². The largest absolute Gasteiger partial charge is 0.469 e. The molecule has 4 N–H and O–H groups in total. The highest BCUT2D eigenvalue weighted by molar-refractivity contribution is 6.69. The molecule has 5 rings (SSSR count). The number of carbonyl (C=O) groups is 1. The van der Waals surface area contributed by atoms with Gasteiger partial charge < -0.3 is 25.0 Å². The molecule has 0 saturated heterocycles. The van der Waals surface area contributed by atoms with Crippen molar-refractivity contribution in [1.29, 1.82) is 0 Å². The Bertz CT molecular complexity index is 2280. The van der Waals surface area contributed by atoms with Crippen molar-refractivity contribution >= 4 is 31.0 Å². The van der Waals surface area contributed by atoms with Gasteiger partial charge in [0.05, 0.1) is 48.3 Å². The van der Waals surface area contributed by atoms with Crippen LogP contribution in [-0.2, 0) is 31.2 Å². The summed E-state index contributed by atoms with van der Waals surface area (Å²) in [6.07, 6.45) is -6.66. The number of halogens is 8. The van der Waals surface area contributed by atoms with Crippen LogP contribution < -0.4 is 5.73 Å². The Morgan fingerprint density at radius 3 is 1.70 bits per heavy atom. The van der Waals surface area contributed by atoms with E-state index in [9.17, 15) is 45.0 Å². The maximum absolute atomic E-state index is 14.2. The maximum atomic E-state index is 14.2. The Morgan fingerprint density at radius 1 is 0.781 bits per heavy atom. The SMILES string of the molecule is C.COC(=O)C[C@@](CC(C)(C)c1cc(F)ccc1C)(O[Si](C)(C)C)C(F)(F)F.Cc1ccc(F)cc1C(C)(C)C[C@@](O)(Cc1cc2ncncc2[nH]1)C(F)(F)F.Cc1ncncc1N. The van der Waals surface area contributed by atoms with Gasteiger partial charge in [0.1, 0.15) is 24.3 Å². The van der Waals surface area contributed by atoms with Crippen molar-refractivity contribution in [2.75, 3.05) is 12.8 Å². The topological polar surface area (TPSA) is 149 Å². The molecule has 3 heterocycles. The fraction of sp³-hybridized carbons (Fsp3) is 0.489. The first kappa shape index (κ1) is 55.1. The van der Waals surface area contributed by atoms with Gasteiger partial charge in [0.2, 0.25) is 0 Å². The number of nitrogens with one attached hydrogen (secondary N) is 1. The zero-order valence-electron chi connectivity index (χ0n) is 37.2. The van der Waals surface area contributed by atoms with Gasteiger partial charge in [-0.05, 0) is 117 Å². The van der Waals surface area contributed by atoms with E-state index in [4.69, 9.17) is 10.2 Å². The highest BCUT2D eigenvalue weighted by Crippen LogP contribution is 2.48. The number of hydrogen-bond donors (Lipinski definition) is 3. The number of aryl methyl sites for hydroxylation is 3. The molecule has 0 aliphatic carbocycles. The molecule has 64 heavy (non-hydrogen) atoms. The lowest BCUT2D eigenvalue weighted by Crippen LogP contribution is -2.57. The summed E-state index contributed by atoms with van der Waals surface area (Å²) in [4.78, 5) is 30.0. The smallest absolute Gasteiger partial charge is 0.417 e. The molecule has 0 spiro atoms. The molecule has 5 aromatic rings. The van der Waals surface area contributed by atoms with Crippen molar-refractivity contribution in [3.8, 4) is 0 Å². The number of hydrogen-bond acceptors (Lipinski definition) is 9. The normalized spacial score (nSPS) is 14.2. The minimum Gasteiger partial charge on any atom is -0.469 e. The number of esters is 1. The third-order valence-corrected chi connectivity index (χ3v) is 11.3. The summed E-state index contributed by atoms with van der Waals surface area (Å²) >= 11 is 0. The van der Waals surface area contributed by atoms with E-state index in [-0.39, 0.29) is 13.1 Å². The zero-order chi connectivity index (χ0) is 48.0. The van der Waals surface area contributed by atoms with E-state index in [1.807, 2.05) is 6.92 Å². The summed E-state index contributed by atoms with van der Waals surface area (Å²) in [7, 11) is -1.67. The molecular weight excluding hydrogens is 869 g/mol. The van der Waals surface area contributed by atoms with Crippen molar-refractivity contribution in [3.63, 3.8) is 0 Å². The van der Waals surface area contributed by atoms with Crippen molar-refractivity contribution < 1.29 is 54.2 Å². The van der Waals surface area contributed by atoms with E-state index in [1.165, 1.54) is 61.3 Å². The third-order valence-electron chi connectivity index (χ3n) is 10.3. The van der Waals surface area contributed by atoms with Gasteiger partial charge in [0.15, 0.2) is 19.5 Å². The first-order chi connectivity index (χ1) is 28.7. The second-order valence-electron chi connectivity index (χ2n) is 17.9. The number of ether oxygens (including phenoxy) is 1. The van der Waals surface area contributed by atoms with E-state index in [1.54, 1.807) is 67.4 Å². The number of aromatic amines is 1. The van der Waals surface area contributed by atoms with Crippen molar-refractivity contribution in [3.05, 3.63) is 113 Å². The molecule has 19 heteroatoms. The van der Waals surface area contributed by atoms with Gasteiger partial charge in [-0.15, -0.1) is 0 Å². The number of nitrogens with two attached hydrogens (primary N) is 1. The fourth-order valence-corrected chi connectivity index (χ4v) is 9.00. The molecule has 0 saturated carbocycles. The lowest BCUT2D eigenvalue weighted by molar-refractivity contribution is -0.266. The molecule has 3 aromatic heterocycles. The molecule has 0 fully saturated rings. The van der Waals surface area contributed by atoms with Gasteiger partial charge in [-0.25, -0.2) is 28.7 Å². The molecule has 0 amide bonds. The Morgan fingerprint density at radius 2 is 1.28 bits per heavy atom. The van der Waals surface area contributed by atoms with Crippen LogP contribution in [-0.4, -0.2) is 75.0 Å². The van der Waals surface area contributed by atoms with Crippen molar-refractivity contribution in [2.24, 2.45) is 0 Å². The fourth-order valence-electron chi connectivity index (χ4n) is 7.57. The van der Waals surface area contributed by atoms with Gasteiger partial charge in [-0.2, -0.15) is 26.3 Å². The molecular formula is C45H60F8N6O4Si. The van der Waals surface area contributed by atoms with Gasteiger partial charge in [0.25, 0.3) is 0 Å². The average Bonchev–Trinajstić information content (AvgIpc) is 3.55. The number of rotatable bonds is 12. The summed E-state index contributed by atoms with van der Waals surface area (Å²) in [5.74, 6) is -2.06. The lowest BCUT2D eigenvalue weighted by atomic mass is 9.72. The van der Waals surface area contributed by atoms with E-state index in [0.717, 1.165) is 12.8 Å². The predicted octanol–water partition coefficient (Wildman–Crippen LogP) is 11.1. The number of fused-ring (bicyclic) bond motifs is 1. The van der Waals surface area contributed by atoms with Crippen LogP contribution in [0.25, 0.3) is 11.0 Å². The molecule has 2 aromatic carbocycles. The molecule has 2 atom stereocenters. The number of methoxy groups -OCH3 is 1. The minimum absolute atomic E-state index is 0. The van der Waals surface area contributed by atoms with E-state index in [2.05, 4.69) is 29.7 Å². The summed E-state index contributed by atoms with van der Waals surface area (Å²) < 4.78 is 122. The van der Waals surface area contributed by atoms with Crippen LogP contribution in [0.5, 0.6) is 0 Å². The Balaban J connectivity index is 0.000000370. The number of anilines is 1.